The fourth-order valence-electron chi connectivity index (χ4n) is 1.50. The fourth-order valence-corrected chi connectivity index (χ4v) is 1.50. The molecule has 0 heterocycles. The van der Waals surface area contributed by atoms with Crippen LogP contribution in [0.3, 0.4) is 0 Å². The highest BCUT2D eigenvalue weighted by Crippen LogP contribution is 2.21. The van der Waals surface area contributed by atoms with Crippen molar-refractivity contribution in [2.75, 3.05) is 13.2 Å². The van der Waals surface area contributed by atoms with E-state index in [0.29, 0.717) is 12.3 Å². The third kappa shape index (κ3) is 4.07. The first-order valence-electron chi connectivity index (χ1n) is 5.72. The first-order valence-corrected chi connectivity index (χ1v) is 5.72. The van der Waals surface area contributed by atoms with Crippen molar-refractivity contribution < 1.29 is 15.1 Å². The van der Waals surface area contributed by atoms with Gasteiger partial charge in [-0.15, -0.1) is 0 Å². The summed E-state index contributed by atoms with van der Waals surface area (Å²) in [4.78, 5) is 0. The SMILES string of the molecule is CC(=NO)c1ccc(C)cc1OCCCCO. The maximum Gasteiger partial charge on any atom is 0.128 e. The van der Waals surface area contributed by atoms with Crippen LogP contribution >= 0.6 is 0 Å². The molecule has 0 atom stereocenters. The van der Waals surface area contributed by atoms with Crippen molar-refractivity contribution >= 4 is 5.71 Å². The van der Waals surface area contributed by atoms with Crippen molar-refractivity contribution in [2.24, 2.45) is 5.16 Å². The summed E-state index contributed by atoms with van der Waals surface area (Å²) in [6, 6.07) is 5.75. The van der Waals surface area contributed by atoms with Crippen molar-refractivity contribution in [3.8, 4) is 5.75 Å². The normalized spacial score (nSPS) is 11.6. The largest absolute Gasteiger partial charge is 0.493 e. The van der Waals surface area contributed by atoms with Crippen molar-refractivity contribution in [3.05, 3.63) is 29.3 Å². The standard InChI is InChI=1S/C13H19NO3/c1-10-5-6-12(11(2)14-16)13(9-10)17-8-4-3-7-15/h5-6,9,15-16H,3-4,7-8H2,1-2H3. The Bertz CT molecular complexity index is 388. The van der Waals surface area contributed by atoms with Crippen LogP contribution in [0.15, 0.2) is 23.4 Å². The topological polar surface area (TPSA) is 62.1 Å². The van der Waals surface area contributed by atoms with Gasteiger partial charge < -0.3 is 15.1 Å². The lowest BCUT2D eigenvalue weighted by Gasteiger charge is -2.11. The van der Waals surface area contributed by atoms with Gasteiger partial charge in [-0.2, -0.15) is 0 Å². The smallest absolute Gasteiger partial charge is 0.128 e. The molecule has 4 nitrogen and oxygen atoms in total. The second-order valence-corrected chi connectivity index (χ2v) is 3.96. The van der Waals surface area contributed by atoms with Gasteiger partial charge in [-0.3, -0.25) is 0 Å². The van der Waals surface area contributed by atoms with Crippen LogP contribution in [-0.4, -0.2) is 29.2 Å². The molecule has 4 heteroatoms. The van der Waals surface area contributed by atoms with Crippen LogP contribution in [-0.2, 0) is 0 Å². The van der Waals surface area contributed by atoms with Crippen molar-refractivity contribution in [3.63, 3.8) is 0 Å². The number of ether oxygens (including phenoxy) is 1. The third-order valence-corrected chi connectivity index (χ3v) is 2.49. The van der Waals surface area contributed by atoms with Crippen LogP contribution < -0.4 is 4.74 Å². The van der Waals surface area contributed by atoms with E-state index in [0.717, 1.165) is 29.7 Å². The van der Waals surface area contributed by atoms with E-state index < -0.39 is 0 Å². The molecule has 0 fully saturated rings. The average molecular weight is 237 g/mol. The highest BCUT2D eigenvalue weighted by atomic mass is 16.5. The number of rotatable bonds is 6. The van der Waals surface area contributed by atoms with E-state index >= 15 is 0 Å². The molecule has 0 bridgehead atoms. The summed E-state index contributed by atoms with van der Waals surface area (Å²) in [6.45, 7) is 4.44. The van der Waals surface area contributed by atoms with Crippen LogP contribution in [0.4, 0.5) is 0 Å². The molecule has 94 valence electrons. The number of aliphatic hydroxyl groups excluding tert-OH is 1. The zero-order valence-electron chi connectivity index (χ0n) is 10.3. The Morgan fingerprint density at radius 2 is 2.12 bits per heavy atom. The number of unbranched alkanes of at least 4 members (excludes halogenated alkanes) is 1. The maximum atomic E-state index is 8.79. The molecule has 1 rings (SSSR count). The minimum atomic E-state index is 0.182. The summed E-state index contributed by atoms with van der Waals surface area (Å²) in [5, 5.41) is 20.7. The molecular weight excluding hydrogens is 218 g/mol. The van der Waals surface area contributed by atoms with Gasteiger partial charge in [-0.05, 0) is 44.4 Å². The molecule has 0 aliphatic rings. The minimum Gasteiger partial charge on any atom is -0.493 e. The van der Waals surface area contributed by atoms with Crippen LogP contribution in [0.2, 0.25) is 0 Å². The lowest BCUT2D eigenvalue weighted by molar-refractivity contribution is 0.253. The lowest BCUT2D eigenvalue weighted by Crippen LogP contribution is -2.04. The van der Waals surface area contributed by atoms with Gasteiger partial charge in [0.25, 0.3) is 0 Å². The second kappa shape index (κ2) is 6.91. The molecule has 0 aromatic heterocycles. The van der Waals surface area contributed by atoms with Gasteiger partial charge in [0.15, 0.2) is 0 Å². The Labute approximate surface area is 102 Å². The Morgan fingerprint density at radius 1 is 1.35 bits per heavy atom. The summed E-state index contributed by atoms with van der Waals surface area (Å²) in [7, 11) is 0. The predicted molar refractivity (Wildman–Crippen MR) is 67.0 cm³/mol. The van der Waals surface area contributed by atoms with Crippen LogP contribution in [0.1, 0.15) is 30.9 Å². The first-order chi connectivity index (χ1) is 8.19. The molecule has 0 saturated heterocycles. The summed E-state index contributed by atoms with van der Waals surface area (Å²) in [5.74, 6) is 0.721. The number of nitrogens with zero attached hydrogens (tertiary/aromatic N) is 1. The Morgan fingerprint density at radius 3 is 2.76 bits per heavy atom. The number of hydrogen-bond acceptors (Lipinski definition) is 4. The summed E-state index contributed by atoms with van der Waals surface area (Å²) in [5.41, 5.74) is 2.42. The van der Waals surface area contributed by atoms with E-state index in [4.69, 9.17) is 15.1 Å². The summed E-state index contributed by atoms with van der Waals surface area (Å²) >= 11 is 0. The zero-order valence-corrected chi connectivity index (χ0v) is 10.3. The van der Waals surface area contributed by atoms with E-state index in [1.54, 1.807) is 6.92 Å². The highest BCUT2D eigenvalue weighted by Gasteiger charge is 2.07. The van der Waals surface area contributed by atoms with Crippen molar-refractivity contribution in [1.29, 1.82) is 0 Å². The number of benzene rings is 1. The third-order valence-electron chi connectivity index (χ3n) is 2.49. The van der Waals surface area contributed by atoms with E-state index in [1.807, 2.05) is 25.1 Å². The van der Waals surface area contributed by atoms with E-state index in [9.17, 15) is 0 Å². The molecule has 0 unspecified atom stereocenters. The van der Waals surface area contributed by atoms with Gasteiger partial charge in [-0.1, -0.05) is 11.2 Å². The van der Waals surface area contributed by atoms with Gasteiger partial charge >= 0.3 is 0 Å². The van der Waals surface area contributed by atoms with Gasteiger partial charge in [0.1, 0.15) is 5.75 Å². The number of oxime groups is 1. The molecule has 0 aliphatic heterocycles. The Hall–Kier alpha value is -1.55. The molecule has 0 amide bonds. The van der Waals surface area contributed by atoms with Gasteiger partial charge in [-0.25, -0.2) is 0 Å². The van der Waals surface area contributed by atoms with Crippen molar-refractivity contribution in [1.82, 2.24) is 0 Å². The molecule has 2 N–H and O–H groups in total. The maximum absolute atomic E-state index is 8.79. The lowest BCUT2D eigenvalue weighted by atomic mass is 10.1. The quantitative estimate of drug-likeness (QED) is 0.345. The summed E-state index contributed by atoms with van der Waals surface area (Å²) < 4.78 is 5.64. The highest BCUT2D eigenvalue weighted by molar-refractivity contribution is 6.00. The Kier molecular flexibility index (Phi) is 5.49. The van der Waals surface area contributed by atoms with E-state index in [2.05, 4.69) is 5.16 Å². The number of aliphatic hydroxyl groups is 1. The predicted octanol–water partition coefficient (Wildman–Crippen LogP) is 2.34. The zero-order chi connectivity index (χ0) is 12.7. The molecule has 1 aromatic carbocycles. The van der Waals surface area contributed by atoms with Gasteiger partial charge in [0.2, 0.25) is 0 Å². The molecule has 0 saturated carbocycles. The molecular formula is C13H19NO3. The molecule has 0 aliphatic carbocycles. The van der Waals surface area contributed by atoms with Gasteiger partial charge in [0, 0.05) is 12.2 Å². The molecule has 1 aromatic rings. The monoisotopic (exact) mass is 237 g/mol. The molecule has 0 radical (unpaired) electrons. The first kappa shape index (κ1) is 13.5. The average Bonchev–Trinajstić information content (AvgIpc) is 2.34. The Balaban J connectivity index is 2.77. The molecule has 17 heavy (non-hydrogen) atoms. The molecule has 0 spiro atoms. The van der Waals surface area contributed by atoms with Crippen molar-refractivity contribution in [2.45, 2.75) is 26.7 Å². The second-order valence-electron chi connectivity index (χ2n) is 3.96. The number of hydrogen-bond donors (Lipinski definition) is 2. The summed E-state index contributed by atoms with van der Waals surface area (Å²) in [6.07, 6.45) is 1.54. The van der Waals surface area contributed by atoms with Crippen LogP contribution in [0, 0.1) is 6.92 Å². The van der Waals surface area contributed by atoms with Crippen LogP contribution in [0.25, 0.3) is 0 Å². The van der Waals surface area contributed by atoms with E-state index in [1.165, 1.54) is 0 Å². The minimum absolute atomic E-state index is 0.182. The fraction of sp³-hybridized carbons (Fsp3) is 0.462. The van der Waals surface area contributed by atoms with E-state index in [-0.39, 0.29) is 6.61 Å². The number of aryl methyl sites for hydroxylation is 1. The van der Waals surface area contributed by atoms with Gasteiger partial charge in [0.05, 0.1) is 12.3 Å². The van der Waals surface area contributed by atoms with Crippen LogP contribution in [0.5, 0.6) is 5.75 Å².